The molecule has 0 aliphatic rings. The largest absolute Gasteiger partial charge is 0.290 e. The lowest BCUT2D eigenvalue weighted by Gasteiger charge is -1.99. The highest BCUT2D eigenvalue weighted by molar-refractivity contribution is 9.10. The van der Waals surface area contributed by atoms with Crippen LogP contribution in [-0.2, 0) is 0 Å². The first kappa shape index (κ1) is 11.2. The predicted octanol–water partition coefficient (Wildman–Crippen LogP) is 3.70. The third kappa shape index (κ3) is 2.19. The summed E-state index contributed by atoms with van der Waals surface area (Å²) in [7, 11) is 0. The van der Waals surface area contributed by atoms with Crippen LogP contribution in [0.4, 0.5) is 0 Å². The maximum atomic E-state index is 4.40. The van der Waals surface area contributed by atoms with Gasteiger partial charge in [0.15, 0.2) is 0 Å². The minimum absolute atomic E-state index is 0.855. The van der Waals surface area contributed by atoms with Crippen LogP contribution in [0.25, 0.3) is 17.1 Å². The summed E-state index contributed by atoms with van der Waals surface area (Å²) in [5, 5.41) is 0. The van der Waals surface area contributed by atoms with Gasteiger partial charge in [-0.25, -0.2) is 9.97 Å². The van der Waals surface area contributed by atoms with E-state index in [1.54, 1.807) is 12.5 Å². The van der Waals surface area contributed by atoms with Crippen LogP contribution in [-0.4, -0.2) is 14.5 Å². The number of nitrogens with zero attached hydrogens (tertiary/aromatic N) is 3. The highest BCUT2D eigenvalue weighted by atomic mass is 79.9. The normalized spacial score (nSPS) is 10.5. The average molecular weight is 300 g/mol. The van der Waals surface area contributed by atoms with Gasteiger partial charge >= 0.3 is 0 Å². The van der Waals surface area contributed by atoms with E-state index in [0.29, 0.717) is 0 Å². The van der Waals surface area contributed by atoms with Crippen LogP contribution in [0.1, 0.15) is 0 Å². The van der Waals surface area contributed by atoms with Crippen molar-refractivity contribution in [2.24, 2.45) is 0 Å². The van der Waals surface area contributed by atoms with Gasteiger partial charge in [0.2, 0.25) is 0 Å². The first-order valence-electron chi connectivity index (χ1n) is 5.54. The average Bonchev–Trinajstić information content (AvgIpc) is 2.90. The van der Waals surface area contributed by atoms with Crippen LogP contribution >= 0.6 is 15.9 Å². The van der Waals surface area contributed by atoms with Gasteiger partial charge in [0.05, 0.1) is 5.69 Å². The number of aromatic nitrogens is 3. The van der Waals surface area contributed by atoms with Gasteiger partial charge in [-0.15, -0.1) is 0 Å². The van der Waals surface area contributed by atoms with Gasteiger partial charge in [-0.05, 0) is 28.1 Å². The summed E-state index contributed by atoms with van der Waals surface area (Å²) < 4.78 is 2.88. The lowest BCUT2D eigenvalue weighted by atomic mass is 10.2. The summed E-state index contributed by atoms with van der Waals surface area (Å²) in [6.45, 7) is 0. The standard InChI is InChI=1S/C14H10BrN3/c15-12-6-7-14(16-8-12)18-9-13(17-10-18)11-4-2-1-3-5-11/h1-10H. The van der Waals surface area contributed by atoms with Crippen molar-refractivity contribution in [2.45, 2.75) is 0 Å². The minimum Gasteiger partial charge on any atom is -0.290 e. The van der Waals surface area contributed by atoms with Crippen molar-refractivity contribution in [3.8, 4) is 17.1 Å². The summed E-state index contributed by atoms with van der Waals surface area (Å²) >= 11 is 3.37. The molecular formula is C14H10BrN3. The van der Waals surface area contributed by atoms with Gasteiger partial charge in [0, 0.05) is 22.4 Å². The number of benzene rings is 1. The van der Waals surface area contributed by atoms with E-state index in [-0.39, 0.29) is 0 Å². The summed E-state index contributed by atoms with van der Waals surface area (Å²) in [6, 6.07) is 14.0. The van der Waals surface area contributed by atoms with Gasteiger partial charge in [0.1, 0.15) is 12.1 Å². The van der Waals surface area contributed by atoms with Crippen molar-refractivity contribution in [1.29, 1.82) is 0 Å². The first-order chi connectivity index (χ1) is 8.83. The van der Waals surface area contributed by atoms with E-state index in [9.17, 15) is 0 Å². The molecule has 0 radical (unpaired) electrons. The molecule has 1 aromatic carbocycles. The molecule has 2 heterocycles. The summed E-state index contributed by atoms with van der Waals surface area (Å²) in [5.41, 5.74) is 2.05. The highest BCUT2D eigenvalue weighted by Gasteiger charge is 2.03. The summed E-state index contributed by atoms with van der Waals surface area (Å²) in [6.07, 6.45) is 5.53. The maximum Gasteiger partial charge on any atom is 0.137 e. The Morgan fingerprint density at radius 3 is 2.50 bits per heavy atom. The monoisotopic (exact) mass is 299 g/mol. The highest BCUT2D eigenvalue weighted by Crippen LogP contribution is 2.18. The van der Waals surface area contributed by atoms with Crippen LogP contribution < -0.4 is 0 Å². The number of pyridine rings is 1. The smallest absolute Gasteiger partial charge is 0.137 e. The Hall–Kier alpha value is -1.94. The first-order valence-corrected chi connectivity index (χ1v) is 6.33. The molecule has 0 bridgehead atoms. The topological polar surface area (TPSA) is 30.7 Å². The Kier molecular flexibility index (Phi) is 2.94. The van der Waals surface area contributed by atoms with E-state index in [2.05, 4.69) is 25.9 Å². The molecule has 0 unspecified atom stereocenters. The second kappa shape index (κ2) is 4.74. The summed E-state index contributed by atoms with van der Waals surface area (Å²) in [4.78, 5) is 8.73. The minimum atomic E-state index is 0.855. The molecule has 2 aromatic heterocycles. The van der Waals surface area contributed by atoms with E-state index in [4.69, 9.17) is 0 Å². The molecule has 0 aliphatic heterocycles. The molecule has 0 saturated carbocycles. The SMILES string of the molecule is Brc1ccc(-n2cnc(-c3ccccc3)c2)nc1. The molecule has 3 nitrogen and oxygen atoms in total. The number of halogens is 1. The fourth-order valence-corrected chi connectivity index (χ4v) is 1.96. The molecule has 3 aromatic rings. The van der Waals surface area contributed by atoms with Gasteiger partial charge in [-0.1, -0.05) is 30.3 Å². The zero-order valence-electron chi connectivity index (χ0n) is 9.49. The van der Waals surface area contributed by atoms with Gasteiger partial charge in [0.25, 0.3) is 0 Å². The molecular weight excluding hydrogens is 290 g/mol. The van der Waals surface area contributed by atoms with Crippen LogP contribution in [0.15, 0.2) is 65.7 Å². The fourth-order valence-electron chi connectivity index (χ4n) is 1.73. The second-order valence-electron chi connectivity index (χ2n) is 3.87. The molecule has 0 N–H and O–H groups in total. The van der Waals surface area contributed by atoms with Crippen molar-refractivity contribution in [3.63, 3.8) is 0 Å². The maximum absolute atomic E-state index is 4.40. The molecule has 0 fully saturated rings. The van der Waals surface area contributed by atoms with Gasteiger partial charge < -0.3 is 0 Å². The molecule has 88 valence electrons. The molecule has 0 spiro atoms. The number of imidazole rings is 1. The lowest BCUT2D eigenvalue weighted by molar-refractivity contribution is 0.991. The Bertz CT molecular complexity index is 644. The van der Waals surface area contributed by atoms with Crippen LogP contribution in [0.2, 0.25) is 0 Å². The van der Waals surface area contributed by atoms with Crippen LogP contribution in [0.5, 0.6) is 0 Å². The number of rotatable bonds is 2. The zero-order chi connectivity index (χ0) is 12.4. The Labute approximate surface area is 113 Å². The fraction of sp³-hybridized carbons (Fsp3) is 0. The number of hydrogen-bond acceptors (Lipinski definition) is 2. The van der Waals surface area contributed by atoms with Crippen molar-refractivity contribution >= 4 is 15.9 Å². The van der Waals surface area contributed by atoms with E-state index < -0.39 is 0 Å². The Balaban J connectivity index is 1.97. The second-order valence-corrected chi connectivity index (χ2v) is 4.78. The Morgan fingerprint density at radius 2 is 1.78 bits per heavy atom. The van der Waals surface area contributed by atoms with Crippen molar-refractivity contribution in [2.75, 3.05) is 0 Å². The van der Waals surface area contributed by atoms with E-state index in [0.717, 1.165) is 21.5 Å². The molecule has 0 aliphatic carbocycles. The Morgan fingerprint density at radius 1 is 0.944 bits per heavy atom. The zero-order valence-corrected chi connectivity index (χ0v) is 11.1. The van der Waals surface area contributed by atoms with Gasteiger partial charge in [-0.3, -0.25) is 4.57 Å². The van der Waals surface area contributed by atoms with E-state index in [1.807, 2.05) is 53.2 Å². The van der Waals surface area contributed by atoms with E-state index in [1.165, 1.54) is 0 Å². The van der Waals surface area contributed by atoms with Crippen molar-refractivity contribution < 1.29 is 0 Å². The lowest BCUT2D eigenvalue weighted by Crippen LogP contribution is -1.92. The molecule has 18 heavy (non-hydrogen) atoms. The molecule has 3 rings (SSSR count). The quantitative estimate of drug-likeness (QED) is 0.722. The third-order valence-corrected chi connectivity index (χ3v) is 3.10. The molecule has 0 amide bonds. The van der Waals surface area contributed by atoms with Gasteiger partial charge in [-0.2, -0.15) is 0 Å². The predicted molar refractivity (Wildman–Crippen MR) is 74.5 cm³/mol. The summed E-state index contributed by atoms with van der Waals surface area (Å²) in [5.74, 6) is 0.855. The van der Waals surface area contributed by atoms with Crippen LogP contribution in [0.3, 0.4) is 0 Å². The van der Waals surface area contributed by atoms with Crippen molar-refractivity contribution in [3.05, 3.63) is 65.7 Å². The van der Waals surface area contributed by atoms with Crippen molar-refractivity contribution in [1.82, 2.24) is 14.5 Å². The molecule has 0 atom stereocenters. The van der Waals surface area contributed by atoms with E-state index >= 15 is 0 Å². The number of hydrogen-bond donors (Lipinski definition) is 0. The molecule has 4 heteroatoms. The molecule has 0 saturated heterocycles. The third-order valence-electron chi connectivity index (χ3n) is 2.63. The van der Waals surface area contributed by atoms with Crippen LogP contribution in [0, 0.1) is 0 Å².